The number of anilines is 1. The number of hydrogen-bond donors (Lipinski definition) is 1. The van der Waals surface area contributed by atoms with E-state index in [4.69, 9.17) is 11.6 Å². The molecule has 1 N–H and O–H groups in total. The molecular formula is C19H14ClNO. The largest absolute Gasteiger partial charge is 0.321 e. The SMILES string of the molecule is O=C(Nc1ccc2c3c(cccc13)CC2)c1ccccc1Cl. The molecule has 3 heteroatoms. The third kappa shape index (κ3) is 2.08. The minimum absolute atomic E-state index is 0.177. The van der Waals surface area contributed by atoms with Crippen molar-refractivity contribution in [2.75, 3.05) is 5.32 Å². The van der Waals surface area contributed by atoms with Gasteiger partial charge in [0.25, 0.3) is 5.91 Å². The lowest BCUT2D eigenvalue weighted by molar-refractivity contribution is 0.102. The zero-order chi connectivity index (χ0) is 15.1. The van der Waals surface area contributed by atoms with Gasteiger partial charge in [0, 0.05) is 11.1 Å². The maximum Gasteiger partial charge on any atom is 0.257 e. The summed E-state index contributed by atoms with van der Waals surface area (Å²) >= 11 is 6.10. The van der Waals surface area contributed by atoms with E-state index in [9.17, 15) is 4.79 Å². The van der Waals surface area contributed by atoms with Gasteiger partial charge >= 0.3 is 0 Å². The molecule has 0 spiro atoms. The zero-order valence-electron chi connectivity index (χ0n) is 11.9. The third-order valence-electron chi connectivity index (χ3n) is 4.24. The number of nitrogens with one attached hydrogen (secondary N) is 1. The number of amides is 1. The van der Waals surface area contributed by atoms with E-state index in [1.54, 1.807) is 12.1 Å². The van der Waals surface area contributed by atoms with Crippen molar-refractivity contribution in [3.63, 3.8) is 0 Å². The molecule has 108 valence electrons. The number of aryl methyl sites for hydroxylation is 2. The molecule has 0 bridgehead atoms. The van der Waals surface area contributed by atoms with Gasteiger partial charge in [-0.2, -0.15) is 0 Å². The van der Waals surface area contributed by atoms with Gasteiger partial charge in [0.1, 0.15) is 0 Å². The molecule has 0 saturated carbocycles. The molecular weight excluding hydrogens is 294 g/mol. The summed E-state index contributed by atoms with van der Waals surface area (Å²) in [6.45, 7) is 0. The average Bonchev–Trinajstić information content (AvgIpc) is 2.95. The van der Waals surface area contributed by atoms with Gasteiger partial charge in [-0.15, -0.1) is 0 Å². The smallest absolute Gasteiger partial charge is 0.257 e. The van der Waals surface area contributed by atoms with Gasteiger partial charge in [0.2, 0.25) is 0 Å². The second kappa shape index (κ2) is 5.15. The lowest BCUT2D eigenvalue weighted by atomic mass is 10.0. The lowest BCUT2D eigenvalue weighted by Crippen LogP contribution is -2.12. The van der Waals surface area contributed by atoms with Gasteiger partial charge in [0.15, 0.2) is 0 Å². The highest BCUT2D eigenvalue weighted by molar-refractivity contribution is 6.34. The molecule has 0 saturated heterocycles. The van der Waals surface area contributed by atoms with E-state index >= 15 is 0 Å². The summed E-state index contributed by atoms with van der Waals surface area (Å²) in [5.41, 5.74) is 4.06. The molecule has 1 amide bonds. The topological polar surface area (TPSA) is 29.1 Å². The lowest BCUT2D eigenvalue weighted by Gasteiger charge is -2.11. The average molecular weight is 308 g/mol. The van der Waals surface area contributed by atoms with Crippen molar-refractivity contribution >= 4 is 34.0 Å². The molecule has 0 heterocycles. The monoisotopic (exact) mass is 307 g/mol. The molecule has 1 aliphatic rings. The van der Waals surface area contributed by atoms with E-state index in [1.807, 2.05) is 18.2 Å². The van der Waals surface area contributed by atoms with Crippen LogP contribution >= 0.6 is 11.6 Å². The summed E-state index contributed by atoms with van der Waals surface area (Å²) in [5.74, 6) is -0.177. The summed E-state index contributed by atoms with van der Waals surface area (Å²) in [4.78, 5) is 12.5. The molecule has 0 radical (unpaired) electrons. The second-order valence-electron chi connectivity index (χ2n) is 5.55. The fourth-order valence-electron chi connectivity index (χ4n) is 3.19. The van der Waals surface area contributed by atoms with E-state index in [-0.39, 0.29) is 5.91 Å². The van der Waals surface area contributed by atoms with Crippen LogP contribution in [0.5, 0.6) is 0 Å². The Morgan fingerprint density at radius 1 is 0.909 bits per heavy atom. The van der Waals surface area contributed by atoms with Crippen molar-refractivity contribution in [3.05, 3.63) is 76.3 Å². The molecule has 0 atom stereocenters. The van der Waals surface area contributed by atoms with Crippen LogP contribution in [0.25, 0.3) is 10.8 Å². The highest BCUT2D eigenvalue weighted by Crippen LogP contribution is 2.35. The summed E-state index contributed by atoms with van der Waals surface area (Å²) < 4.78 is 0. The van der Waals surface area contributed by atoms with Gasteiger partial charge in [-0.25, -0.2) is 0 Å². The van der Waals surface area contributed by atoms with Crippen LogP contribution in [0.1, 0.15) is 21.5 Å². The van der Waals surface area contributed by atoms with Crippen LogP contribution in [0.15, 0.2) is 54.6 Å². The first-order valence-corrected chi connectivity index (χ1v) is 7.71. The van der Waals surface area contributed by atoms with Gasteiger partial charge in [-0.1, -0.05) is 48.0 Å². The molecule has 22 heavy (non-hydrogen) atoms. The number of halogens is 1. The maximum absolute atomic E-state index is 12.5. The Labute approximate surface area is 133 Å². The Morgan fingerprint density at radius 2 is 1.68 bits per heavy atom. The van der Waals surface area contributed by atoms with Crippen molar-refractivity contribution in [3.8, 4) is 0 Å². The number of benzene rings is 3. The van der Waals surface area contributed by atoms with Gasteiger partial charge < -0.3 is 5.32 Å². The first kappa shape index (κ1) is 13.4. The minimum Gasteiger partial charge on any atom is -0.321 e. The highest BCUT2D eigenvalue weighted by Gasteiger charge is 2.17. The van der Waals surface area contributed by atoms with E-state index in [2.05, 4.69) is 29.6 Å². The van der Waals surface area contributed by atoms with Crippen LogP contribution in [0.3, 0.4) is 0 Å². The number of rotatable bonds is 2. The van der Waals surface area contributed by atoms with Crippen molar-refractivity contribution in [2.45, 2.75) is 12.8 Å². The van der Waals surface area contributed by atoms with Gasteiger partial charge in [-0.05, 0) is 47.6 Å². The molecule has 2 nitrogen and oxygen atoms in total. The molecule has 1 aliphatic carbocycles. The fourth-order valence-corrected chi connectivity index (χ4v) is 3.41. The summed E-state index contributed by atoms with van der Waals surface area (Å²) in [6.07, 6.45) is 2.16. The maximum atomic E-state index is 12.5. The number of carbonyl (C=O) groups excluding carboxylic acids is 1. The standard InChI is InChI=1S/C19H14ClNO/c20-16-7-2-1-5-14(16)19(22)21-17-11-10-13-9-8-12-4-3-6-15(17)18(12)13/h1-7,10-11H,8-9H2,(H,21,22). The van der Waals surface area contributed by atoms with Crippen LogP contribution in [0, 0.1) is 0 Å². The molecule has 3 aromatic carbocycles. The number of hydrogen-bond acceptors (Lipinski definition) is 1. The first-order valence-electron chi connectivity index (χ1n) is 7.33. The van der Waals surface area contributed by atoms with Crippen LogP contribution in [0.2, 0.25) is 5.02 Å². The molecule has 0 fully saturated rings. The van der Waals surface area contributed by atoms with Crippen molar-refractivity contribution in [1.29, 1.82) is 0 Å². The van der Waals surface area contributed by atoms with E-state index in [0.29, 0.717) is 10.6 Å². The van der Waals surface area contributed by atoms with Gasteiger partial charge in [0.05, 0.1) is 10.6 Å². The van der Waals surface area contributed by atoms with Crippen molar-refractivity contribution in [1.82, 2.24) is 0 Å². The molecule has 0 aromatic heterocycles. The van der Waals surface area contributed by atoms with Crippen LogP contribution in [-0.2, 0) is 12.8 Å². The van der Waals surface area contributed by atoms with E-state index in [1.165, 1.54) is 16.5 Å². The molecule has 3 aromatic rings. The normalized spacial score (nSPS) is 12.6. The Bertz CT molecular complexity index is 891. The minimum atomic E-state index is -0.177. The van der Waals surface area contributed by atoms with Crippen LogP contribution in [0.4, 0.5) is 5.69 Å². The van der Waals surface area contributed by atoms with Gasteiger partial charge in [-0.3, -0.25) is 4.79 Å². The Hall–Kier alpha value is -2.32. The molecule has 4 rings (SSSR count). The molecule has 0 unspecified atom stereocenters. The zero-order valence-corrected chi connectivity index (χ0v) is 12.7. The van der Waals surface area contributed by atoms with E-state index in [0.717, 1.165) is 23.9 Å². The Morgan fingerprint density at radius 3 is 2.50 bits per heavy atom. The second-order valence-corrected chi connectivity index (χ2v) is 5.95. The third-order valence-corrected chi connectivity index (χ3v) is 4.57. The molecule has 0 aliphatic heterocycles. The van der Waals surface area contributed by atoms with Crippen molar-refractivity contribution < 1.29 is 4.79 Å². The fraction of sp³-hybridized carbons (Fsp3) is 0.105. The van der Waals surface area contributed by atoms with Crippen molar-refractivity contribution in [2.24, 2.45) is 0 Å². The quantitative estimate of drug-likeness (QED) is 0.721. The first-order chi connectivity index (χ1) is 10.7. The number of carbonyl (C=O) groups is 1. The summed E-state index contributed by atoms with van der Waals surface area (Å²) in [6, 6.07) is 17.5. The van der Waals surface area contributed by atoms with E-state index < -0.39 is 0 Å². The summed E-state index contributed by atoms with van der Waals surface area (Å²) in [7, 11) is 0. The predicted molar refractivity (Wildman–Crippen MR) is 90.8 cm³/mol. The Balaban J connectivity index is 1.77. The highest BCUT2D eigenvalue weighted by atomic mass is 35.5. The predicted octanol–water partition coefficient (Wildman–Crippen LogP) is 4.84. The Kier molecular flexibility index (Phi) is 3.12. The van der Waals surface area contributed by atoms with Crippen LogP contribution < -0.4 is 5.32 Å². The summed E-state index contributed by atoms with van der Waals surface area (Å²) in [5, 5.41) is 5.86. The van der Waals surface area contributed by atoms with Crippen LogP contribution in [-0.4, -0.2) is 5.91 Å².